The Bertz CT molecular complexity index is 253. The molecule has 0 aliphatic heterocycles. The number of hydrogen-bond acceptors (Lipinski definition) is 3. The first-order chi connectivity index (χ1) is 9.77. The van der Waals surface area contributed by atoms with E-state index in [9.17, 15) is 5.11 Å². The fourth-order valence-electron chi connectivity index (χ4n) is 2.62. The predicted molar refractivity (Wildman–Crippen MR) is 81.9 cm³/mol. The van der Waals surface area contributed by atoms with Gasteiger partial charge in [0.1, 0.15) is 0 Å². The fraction of sp³-hybridized carbons (Fsp3) is 0.824. The number of aliphatic hydroxyl groups excluding tert-OH is 2. The summed E-state index contributed by atoms with van der Waals surface area (Å²) in [5, 5.41) is 18.4. The number of allylic oxidation sites excluding steroid dienone is 1. The van der Waals surface area contributed by atoms with Gasteiger partial charge in [-0.15, -0.1) is 0 Å². The Kier molecular flexibility index (Phi) is 9.98. The average Bonchev–Trinajstić information content (AvgIpc) is 2.78. The van der Waals surface area contributed by atoms with Crippen LogP contribution in [0.25, 0.3) is 0 Å². The number of rotatable bonds is 11. The van der Waals surface area contributed by atoms with Crippen molar-refractivity contribution in [3.8, 4) is 0 Å². The summed E-state index contributed by atoms with van der Waals surface area (Å²) in [4.78, 5) is 0. The van der Waals surface area contributed by atoms with E-state index in [0.717, 1.165) is 45.1 Å². The second kappa shape index (κ2) is 11.3. The molecule has 2 N–H and O–H groups in total. The van der Waals surface area contributed by atoms with E-state index >= 15 is 0 Å². The monoisotopic (exact) mass is 283 g/mol. The molecule has 3 heteroatoms. The molecule has 0 aromatic carbocycles. The summed E-state index contributed by atoms with van der Waals surface area (Å²) in [5.41, 5.74) is 0. The second-order valence-corrected chi connectivity index (χ2v) is 5.76. The molecule has 0 spiro atoms. The van der Waals surface area contributed by atoms with Crippen molar-refractivity contribution in [3.05, 3.63) is 18.3 Å². The number of hydrogen-bond donors (Lipinski definition) is 2. The maximum atomic E-state index is 9.71. The quantitative estimate of drug-likeness (QED) is 0.445. The lowest BCUT2D eigenvalue weighted by atomic mass is 10.0. The van der Waals surface area contributed by atoms with Crippen molar-refractivity contribution >= 4 is 0 Å². The Labute approximate surface area is 124 Å². The highest BCUT2D eigenvalue weighted by atomic mass is 16.5. The maximum absolute atomic E-state index is 9.71. The van der Waals surface area contributed by atoms with Gasteiger partial charge in [0.05, 0.1) is 12.2 Å². The highest BCUT2D eigenvalue weighted by molar-refractivity contribution is 5.04. The molecule has 0 amide bonds. The smallest absolute Gasteiger partial charge is 0.0966 e. The molecule has 0 unspecified atom stereocenters. The molecule has 0 aromatic heterocycles. The molecule has 0 aromatic rings. The van der Waals surface area contributed by atoms with Gasteiger partial charge in [0, 0.05) is 25.6 Å². The number of aliphatic hydroxyl groups is 2. The van der Waals surface area contributed by atoms with Gasteiger partial charge in [0.25, 0.3) is 0 Å². The van der Waals surface area contributed by atoms with Crippen LogP contribution in [0.2, 0.25) is 0 Å². The molecular weight excluding hydrogens is 252 g/mol. The van der Waals surface area contributed by atoms with E-state index in [2.05, 4.69) is 19.1 Å². The van der Waals surface area contributed by atoms with Crippen LogP contribution in [0.4, 0.5) is 0 Å². The minimum atomic E-state index is 0.173. The molecule has 3 nitrogen and oxygen atoms in total. The molecule has 1 rings (SSSR count). The Balaban J connectivity index is 2.18. The minimum absolute atomic E-state index is 0.173. The summed E-state index contributed by atoms with van der Waals surface area (Å²) in [5.74, 6) is 0.351. The largest absolute Gasteiger partial charge is 0.396 e. The number of unbranched alkanes of at least 4 members (excludes halogenated alkanes) is 5. The van der Waals surface area contributed by atoms with E-state index < -0.39 is 0 Å². The van der Waals surface area contributed by atoms with E-state index in [1.54, 1.807) is 0 Å². The average molecular weight is 283 g/mol. The fourth-order valence-corrected chi connectivity index (χ4v) is 2.62. The van der Waals surface area contributed by atoms with Crippen LogP contribution in [-0.4, -0.2) is 29.5 Å². The van der Waals surface area contributed by atoms with Crippen molar-refractivity contribution in [3.63, 3.8) is 0 Å². The molecule has 0 heterocycles. The van der Waals surface area contributed by atoms with Gasteiger partial charge >= 0.3 is 0 Å². The summed E-state index contributed by atoms with van der Waals surface area (Å²) in [6.07, 6.45) is 14.4. The molecular formula is C17H31O3. The van der Waals surface area contributed by atoms with Crippen molar-refractivity contribution in [2.75, 3.05) is 13.2 Å². The molecule has 0 saturated heterocycles. The summed E-state index contributed by atoms with van der Waals surface area (Å²) >= 11 is 0. The third-order valence-corrected chi connectivity index (χ3v) is 3.88. The van der Waals surface area contributed by atoms with Gasteiger partial charge in [0.15, 0.2) is 0 Å². The molecule has 1 aliphatic rings. The van der Waals surface area contributed by atoms with Crippen molar-refractivity contribution < 1.29 is 14.9 Å². The van der Waals surface area contributed by atoms with Crippen LogP contribution in [0.3, 0.4) is 0 Å². The molecule has 1 saturated carbocycles. The van der Waals surface area contributed by atoms with Crippen LogP contribution in [0.15, 0.2) is 12.2 Å². The van der Waals surface area contributed by atoms with Gasteiger partial charge in [-0.1, -0.05) is 38.3 Å². The summed E-state index contributed by atoms with van der Waals surface area (Å²) in [6, 6.07) is 0. The molecule has 1 aliphatic carbocycles. The van der Waals surface area contributed by atoms with Crippen molar-refractivity contribution in [1.29, 1.82) is 0 Å². The zero-order valence-electron chi connectivity index (χ0n) is 12.9. The normalized spacial score (nSPS) is 23.9. The summed E-state index contributed by atoms with van der Waals surface area (Å²) in [6.45, 7) is 3.28. The highest BCUT2D eigenvalue weighted by Gasteiger charge is 2.32. The van der Waals surface area contributed by atoms with Crippen LogP contribution < -0.4 is 0 Å². The first kappa shape index (κ1) is 17.7. The van der Waals surface area contributed by atoms with Crippen molar-refractivity contribution in [1.82, 2.24) is 0 Å². The molecule has 20 heavy (non-hydrogen) atoms. The SMILES string of the molecule is CCCCO[C@@H]1C[C](O)C[C@H]1/C=C/CCCCCCO. The van der Waals surface area contributed by atoms with Gasteiger partial charge in [-0.3, -0.25) is 0 Å². The van der Waals surface area contributed by atoms with Gasteiger partial charge < -0.3 is 14.9 Å². The van der Waals surface area contributed by atoms with E-state index in [-0.39, 0.29) is 6.10 Å². The lowest BCUT2D eigenvalue weighted by Gasteiger charge is -2.16. The Morgan fingerprint density at radius 3 is 2.70 bits per heavy atom. The van der Waals surface area contributed by atoms with Gasteiger partial charge in [-0.2, -0.15) is 0 Å². The van der Waals surface area contributed by atoms with Crippen LogP contribution in [0, 0.1) is 12.0 Å². The Hall–Kier alpha value is -0.380. The van der Waals surface area contributed by atoms with E-state index in [1.807, 2.05) is 0 Å². The van der Waals surface area contributed by atoms with E-state index in [0.29, 0.717) is 25.0 Å². The van der Waals surface area contributed by atoms with Gasteiger partial charge in [0.2, 0.25) is 0 Å². The third kappa shape index (κ3) is 7.41. The van der Waals surface area contributed by atoms with E-state index in [4.69, 9.17) is 9.84 Å². The molecule has 0 bridgehead atoms. The predicted octanol–water partition coefficient (Wildman–Crippen LogP) is 3.99. The molecule has 1 radical (unpaired) electrons. The van der Waals surface area contributed by atoms with Crippen LogP contribution in [0.1, 0.15) is 64.7 Å². The second-order valence-electron chi connectivity index (χ2n) is 5.76. The van der Waals surface area contributed by atoms with Crippen LogP contribution in [0.5, 0.6) is 0 Å². The maximum Gasteiger partial charge on any atom is 0.0966 e. The Morgan fingerprint density at radius 1 is 1.15 bits per heavy atom. The Morgan fingerprint density at radius 2 is 1.95 bits per heavy atom. The first-order valence-electron chi connectivity index (χ1n) is 8.20. The van der Waals surface area contributed by atoms with Crippen LogP contribution in [-0.2, 0) is 4.74 Å². The minimum Gasteiger partial charge on any atom is -0.396 e. The molecule has 1 fully saturated rings. The molecule has 2 atom stereocenters. The standard InChI is InChI=1S/C17H31O3/c1-2-3-12-20-17-14-16(19)13-15(17)10-8-6-4-5-7-9-11-18/h8,10,15,17-19H,2-7,9,11-14H2,1H3/b10-8+/t15-,17-/m1/s1. The number of ether oxygens (including phenoxy) is 1. The zero-order valence-corrected chi connectivity index (χ0v) is 12.9. The zero-order chi connectivity index (χ0) is 14.6. The van der Waals surface area contributed by atoms with Gasteiger partial charge in [-0.05, 0) is 32.1 Å². The third-order valence-electron chi connectivity index (χ3n) is 3.88. The highest BCUT2D eigenvalue weighted by Crippen LogP contribution is 2.34. The first-order valence-corrected chi connectivity index (χ1v) is 8.20. The lowest BCUT2D eigenvalue weighted by Crippen LogP contribution is -2.17. The molecule has 117 valence electrons. The van der Waals surface area contributed by atoms with Crippen molar-refractivity contribution in [2.45, 2.75) is 70.8 Å². The van der Waals surface area contributed by atoms with E-state index in [1.165, 1.54) is 12.8 Å². The summed E-state index contributed by atoms with van der Waals surface area (Å²) < 4.78 is 5.88. The van der Waals surface area contributed by atoms with Crippen LogP contribution >= 0.6 is 0 Å². The van der Waals surface area contributed by atoms with Gasteiger partial charge in [-0.25, -0.2) is 0 Å². The summed E-state index contributed by atoms with van der Waals surface area (Å²) in [7, 11) is 0. The lowest BCUT2D eigenvalue weighted by molar-refractivity contribution is 0.0362. The topological polar surface area (TPSA) is 49.7 Å². The van der Waals surface area contributed by atoms with Crippen molar-refractivity contribution in [2.24, 2.45) is 5.92 Å².